The number of rotatable bonds is 5. The molecule has 122 valence electrons. The van der Waals surface area contributed by atoms with Crippen LogP contribution in [0.4, 0.5) is 0 Å². The summed E-state index contributed by atoms with van der Waals surface area (Å²) in [6.45, 7) is 4.65. The molecular weight excluding hydrogens is 288 g/mol. The largest absolute Gasteiger partial charge is 0.468 e. The molecule has 4 heteroatoms. The molecular formula is C19H24N2O2. The molecule has 4 nitrogen and oxygen atoms in total. The van der Waals surface area contributed by atoms with E-state index in [0.29, 0.717) is 6.54 Å². The summed E-state index contributed by atoms with van der Waals surface area (Å²) in [4.78, 5) is 14.9. The highest BCUT2D eigenvalue weighted by Crippen LogP contribution is 2.24. The van der Waals surface area contributed by atoms with Gasteiger partial charge in [0.1, 0.15) is 5.76 Å². The molecule has 0 radical (unpaired) electrons. The van der Waals surface area contributed by atoms with E-state index in [2.05, 4.69) is 10.2 Å². The minimum atomic E-state index is -0.0170. The predicted molar refractivity (Wildman–Crippen MR) is 90.4 cm³/mol. The third-order valence-corrected chi connectivity index (χ3v) is 4.55. The zero-order valence-electron chi connectivity index (χ0n) is 13.6. The number of piperidine rings is 1. The average Bonchev–Trinajstić information content (AvgIpc) is 3.10. The lowest BCUT2D eigenvalue weighted by Gasteiger charge is -2.33. The van der Waals surface area contributed by atoms with Crippen molar-refractivity contribution in [2.45, 2.75) is 32.2 Å². The van der Waals surface area contributed by atoms with Crippen LogP contribution in [-0.4, -0.2) is 30.4 Å². The fraction of sp³-hybridized carbons (Fsp3) is 0.421. The van der Waals surface area contributed by atoms with Crippen LogP contribution in [0.1, 0.15) is 47.0 Å². The molecule has 1 fully saturated rings. The van der Waals surface area contributed by atoms with Gasteiger partial charge in [0.25, 0.3) is 5.91 Å². The second kappa shape index (κ2) is 7.47. The van der Waals surface area contributed by atoms with E-state index in [1.165, 1.54) is 19.3 Å². The minimum absolute atomic E-state index is 0.0170. The van der Waals surface area contributed by atoms with Crippen LogP contribution in [0.3, 0.4) is 0 Å². The van der Waals surface area contributed by atoms with Gasteiger partial charge >= 0.3 is 0 Å². The third-order valence-electron chi connectivity index (χ3n) is 4.55. The second-order valence-electron chi connectivity index (χ2n) is 6.15. The van der Waals surface area contributed by atoms with Crippen molar-refractivity contribution in [3.8, 4) is 0 Å². The highest BCUT2D eigenvalue weighted by molar-refractivity contribution is 5.95. The Morgan fingerprint density at radius 2 is 1.96 bits per heavy atom. The molecule has 1 aromatic carbocycles. The number of nitrogens with zero attached hydrogens (tertiary/aromatic N) is 1. The maximum Gasteiger partial charge on any atom is 0.251 e. The van der Waals surface area contributed by atoms with Crippen molar-refractivity contribution < 1.29 is 9.21 Å². The minimum Gasteiger partial charge on any atom is -0.468 e. The van der Waals surface area contributed by atoms with E-state index in [-0.39, 0.29) is 11.9 Å². The first kappa shape index (κ1) is 15.8. The molecule has 1 aromatic heterocycles. The van der Waals surface area contributed by atoms with Gasteiger partial charge in [-0.25, -0.2) is 0 Å². The van der Waals surface area contributed by atoms with Gasteiger partial charge in [-0.2, -0.15) is 0 Å². The predicted octanol–water partition coefficient (Wildman–Crippen LogP) is 3.55. The lowest BCUT2D eigenvalue weighted by Crippen LogP contribution is -2.40. The Labute approximate surface area is 137 Å². The van der Waals surface area contributed by atoms with Gasteiger partial charge in [0.15, 0.2) is 0 Å². The van der Waals surface area contributed by atoms with Crippen molar-refractivity contribution in [1.82, 2.24) is 10.2 Å². The van der Waals surface area contributed by atoms with Gasteiger partial charge < -0.3 is 9.73 Å². The molecule has 1 aliphatic rings. The Morgan fingerprint density at radius 3 is 2.65 bits per heavy atom. The summed E-state index contributed by atoms with van der Waals surface area (Å²) in [5, 5.41) is 3.08. The number of likely N-dealkylation sites (tertiary alicyclic amines) is 1. The lowest BCUT2D eigenvalue weighted by molar-refractivity contribution is 0.0913. The van der Waals surface area contributed by atoms with Gasteiger partial charge in [0, 0.05) is 12.1 Å². The highest BCUT2D eigenvalue weighted by Gasteiger charge is 2.25. The van der Waals surface area contributed by atoms with Gasteiger partial charge in [-0.15, -0.1) is 0 Å². The van der Waals surface area contributed by atoms with Crippen LogP contribution in [0.15, 0.2) is 47.1 Å². The van der Waals surface area contributed by atoms with Crippen LogP contribution in [0.5, 0.6) is 0 Å². The van der Waals surface area contributed by atoms with Gasteiger partial charge in [0.05, 0.1) is 12.3 Å². The molecule has 1 saturated heterocycles. The molecule has 0 saturated carbocycles. The van der Waals surface area contributed by atoms with Crippen LogP contribution in [-0.2, 0) is 0 Å². The maximum atomic E-state index is 12.5. The monoisotopic (exact) mass is 312 g/mol. The van der Waals surface area contributed by atoms with Crippen molar-refractivity contribution in [2.24, 2.45) is 0 Å². The van der Waals surface area contributed by atoms with Gasteiger partial charge in [0.2, 0.25) is 0 Å². The summed E-state index contributed by atoms with van der Waals surface area (Å²) < 4.78 is 5.62. The van der Waals surface area contributed by atoms with Crippen molar-refractivity contribution in [2.75, 3.05) is 19.6 Å². The van der Waals surface area contributed by atoms with E-state index in [9.17, 15) is 4.79 Å². The first-order valence-electron chi connectivity index (χ1n) is 8.37. The molecule has 1 N–H and O–H groups in total. The molecule has 2 heterocycles. The summed E-state index contributed by atoms with van der Waals surface area (Å²) in [6.07, 6.45) is 5.41. The van der Waals surface area contributed by atoms with Gasteiger partial charge in [-0.05, 0) is 56.6 Å². The highest BCUT2D eigenvalue weighted by atomic mass is 16.3. The summed E-state index contributed by atoms with van der Waals surface area (Å²) in [5.41, 5.74) is 1.74. The van der Waals surface area contributed by atoms with E-state index < -0.39 is 0 Å². The molecule has 2 aromatic rings. The first-order chi connectivity index (χ1) is 11.3. The molecule has 0 unspecified atom stereocenters. The van der Waals surface area contributed by atoms with E-state index in [1.807, 2.05) is 43.3 Å². The molecule has 0 aliphatic carbocycles. The number of carbonyl (C=O) groups excluding carboxylic acids is 1. The summed E-state index contributed by atoms with van der Waals surface area (Å²) in [6, 6.07) is 11.7. The molecule has 0 bridgehead atoms. The van der Waals surface area contributed by atoms with Gasteiger partial charge in [-0.1, -0.05) is 24.6 Å². The number of amides is 1. The number of hydrogen-bond donors (Lipinski definition) is 1. The first-order valence-corrected chi connectivity index (χ1v) is 8.37. The zero-order valence-corrected chi connectivity index (χ0v) is 13.6. The van der Waals surface area contributed by atoms with Crippen LogP contribution < -0.4 is 5.32 Å². The number of carbonyl (C=O) groups is 1. The SMILES string of the molecule is Cc1ccccc1C(=O)NC[C@@H](c1ccco1)N1CCCCC1. The van der Waals surface area contributed by atoms with E-state index in [0.717, 1.165) is 30.0 Å². The summed E-state index contributed by atoms with van der Waals surface area (Å²) >= 11 is 0. The number of benzene rings is 1. The van der Waals surface area contributed by atoms with E-state index in [1.54, 1.807) is 6.26 Å². The van der Waals surface area contributed by atoms with Crippen molar-refractivity contribution in [3.05, 3.63) is 59.5 Å². The smallest absolute Gasteiger partial charge is 0.251 e. The molecule has 1 amide bonds. The fourth-order valence-corrected chi connectivity index (χ4v) is 3.23. The Kier molecular flexibility index (Phi) is 5.13. The zero-order chi connectivity index (χ0) is 16.1. The Balaban J connectivity index is 1.69. The number of aryl methyl sites for hydroxylation is 1. The normalized spacial score (nSPS) is 16.9. The number of hydrogen-bond acceptors (Lipinski definition) is 3. The number of nitrogens with one attached hydrogen (secondary N) is 1. The Morgan fingerprint density at radius 1 is 1.17 bits per heavy atom. The van der Waals surface area contributed by atoms with Crippen LogP contribution in [0.2, 0.25) is 0 Å². The number of furan rings is 1. The summed E-state index contributed by atoms with van der Waals surface area (Å²) in [5.74, 6) is 0.911. The molecule has 23 heavy (non-hydrogen) atoms. The lowest BCUT2D eigenvalue weighted by atomic mass is 10.1. The Bertz CT molecular complexity index is 631. The standard InChI is InChI=1S/C19H24N2O2/c1-15-8-3-4-9-16(15)19(22)20-14-17(18-10-7-13-23-18)21-11-5-2-6-12-21/h3-4,7-10,13,17H,2,5-6,11-12,14H2,1H3,(H,20,22)/t17-/m0/s1. The summed E-state index contributed by atoms with van der Waals surface area (Å²) in [7, 11) is 0. The van der Waals surface area contributed by atoms with Crippen LogP contribution in [0, 0.1) is 6.92 Å². The Hall–Kier alpha value is -2.07. The van der Waals surface area contributed by atoms with Crippen LogP contribution in [0.25, 0.3) is 0 Å². The topological polar surface area (TPSA) is 45.5 Å². The molecule has 0 spiro atoms. The second-order valence-corrected chi connectivity index (χ2v) is 6.15. The third kappa shape index (κ3) is 3.82. The molecule has 1 aliphatic heterocycles. The molecule has 3 rings (SSSR count). The van der Waals surface area contributed by atoms with Crippen LogP contribution >= 0.6 is 0 Å². The van der Waals surface area contributed by atoms with Crippen molar-refractivity contribution in [3.63, 3.8) is 0 Å². The quantitative estimate of drug-likeness (QED) is 0.918. The van der Waals surface area contributed by atoms with Crippen molar-refractivity contribution >= 4 is 5.91 Å². The van der Waals surface area contributed by atoms with Gasteiger partial charge in [-0.3, -0.25) is 9.69 Å². The van der Waals surface area contributed by atoms with Crippen molar-refractivity contribution in [1.29, 1.82) is 0 Å². The molecule has 1 atom stereocenters. The van der Waals surface area contributed by atoms with E-state index in [4.69, 9.17) is 4.42 Å². The maximum absolute atomic E-state index is 12.5. The average molecular weight is 312 g/mol. The van der Waals surface area contributed by atoms with E-state index >= 15 is 0 Å². The fourth-order valence-electron chi connectivity index (χ4n) is 3.23.